The molecular formula is C18H19N. The molecule has 1 aliphatic carbocycles. The molecule has 1 heterocycles. The van der Waals surface area contributed by atoms with Gasteiger partial charge in [0.25, 0.3) is 0 Å². The highest BCUT2D eigenvalue weighted by molar-refractivity contribution is 5.66. The number of nitrogens with one attached hydrogen (secondary N) is 1. The van der Waals surface area contributed by atoms with Crippen LogP contribution in [0.3, 0.4) is 0 Å². The maximum Gasteiger partial charge on any atom is 0.0401 e. The van der Waals surface area contributed by atoms with Gasteiger partial charge >= 0.3 is 0 Å². The van der Waals surface area contributed by atoms with E-state index in [9.17, 15) is 0 Å². The molecule has 0 radical (unpaired) electrons. The first-order valence-electron chi connectivity index (χ1n) is 7.24. The summed E-state index contributed by atoms with van der Waals surface area (Å²) in [6, 6.07) is 15.7. The highest BCUT2D eigenvalue weighted by Gasteiger charge is 2.43. The Labute approximate surface area is 114 Å². The second kappa shape index (κ2) is 3.86. The average Bonchev–Trinajstić information content (AvgIpc) is 2.79. The van der Waals surface area contributed by atoms with Crippen LogP contribution in [0.4, 0.5) is 5.69 Å². The standard InChI is InChI=1S/C18H19N/c1-13-6-4-7-14-8-5-11-18(17(13)14)12-19-16-10-3-2-9-15(16)18/h2-4,6-7,9-10,19H,5,8,11-12H2,1H3. The fraction of sp³-hybridized carbons (Fsp3) is 0.333. The van der Waals surface area contributed by atoms with E-state index in [0.29, 0.717) is 0 Å². The molecule has 0 saturated carbocycles. The van der Waals surface area contributed by atoms with Gasteiger partial charge in [0, 0.05) is 17.6 Å². The van der Waals surface area contributed by atoms with Crippen LogP contribution in [0.15, 0.2) is 42.5 Å². The third-order valence-electron chi connectivity index (χ3n) is 4.91. The van der Waals surface area contributed by atoms with Crippen molar-refractivity contribution in [3.8, 4) is 0 Å². The number of para-hydroxylation sites is 1. The zero-order valence-corrected chi connectivity index (χ0v) is 11.4. The minimum absolute atomic E-state index is 0.218. The Kier molecular flexibility index (Phi) is 2.26. The van der Waals surface area contributed by atoms with Crippen molar-refractivity contribution in [2.24, 2.45) is 0 Å². The lowest BCUT2D eigenvalue weighted by atomic mass is 9.66. The first-order chi connectivity index (χ1) is 9.31. The molecular weight excluding hydrogens is 230 g/mol. The van der Waals surface area contributed by atoms with Crippen LogP contribution in [0, 0.1) is 6.92 Å². The van der Waals surface area contributed by atoms with Crippen LogP contribution in [0.5, 0.6) is 0 Å². The summed E-state index contributed by atoms with van der Waals surface area (Å²) in [5.41, 5.74) is 7.67. The fourth-order valence-electron chi connectivity index (χ4n) is 4.17. The molecule has 1 unspecified atom stereocenters. The van der Waals surface area contributed by atoms with E-state index in [0.717, 1.165) is 6.54 Å². The minimum atomic E-state index is 0.218. The molecule has 0 fully saturated rings. The van der Waals surface area contributed by atoms with Crippen LogP contribution in [0.2, 0.25) is 0 Å². The number of benzene rings is 2. The molecule has 1 atom stereocenters. The summed E-state index contributed by atoms with van der Waals surface area (Å²) in [7, 11) is 0. The molecule has 0 saturated heterocycles. The lowest BCUT2D eigenvalue weighted by molar-refractivity contribution is 0.461. The lowest BCUT2D eigenvalue weighted by Crippen LogP contribution is -2.35. The molecule has 1 spiro atoms. The minimum Gasteiger partial charge on any atom is -0.384 e. The number of aryl methyl sites for hydroxylation is 2. The van der Waals surface area contributed by atoms with Crippen LogP contribution in [0.1, 0.15) is 35.1 Å². The second-order valence-corrected chi connectivity index (χ2v) is 5.94. The molecule has 0 amide bonds. The Bertz CT molecular complexity index is 644. The number of rotatable bonds is 0. The molecule has 2 aromatic carbocycles. The van der Waals surface area contributed by atoms with E-state index in [1.54, 1.807) is 11.1 Å². The number of anilines is 1. The maximum atomic E-state index is 3.63. The van der Waals surface area contributed by atoms with Gasteiger partial charge < -0.3 is 5.32 Å². The quantitative estimate of drug-likeness (QED) is 0.743. The molecule has 1 heteroatoms. The summed E-state index contributed by atoms with van der Waals surface area (Å²) in [4.78, 5) is 0. The lowest BCUT2D eigenvalue weighted by Gasteiger charge is -2.37. The normalized spacial score (nSPS) is 23.8. The number of hydrogen-bond acceptors (Lipinski definition) is 1. The number of hydrogen-bond donors (Lipinski definition) is 1. The van der Waals surface area contributed by atoms with E-state index < -0.39 is 0 Å². The molecule has 1 nitrogen and oxygen atoms in total. The van der Waals surface area contributed by atoms with Gasteiger partial charge in [-0.15, -0.1) is 0 Å². The summed E-state index contributed by atoms with van der Waals surface area (Å²) >= 11 is 0. The molecule has 2 aliphatic rings. The molecule has 96 valence electrons. The summed E-state index contributed by atoms with van der Waals surface area (Å²) in [6.45, 7) is 3.33. The monoisotopic (exact) mass is 249 g/mol. The molecule has 1 aliphatic heterocycles. The Morgan fingerprint density at radius 1 is 1.05 bits per heavy atom. The van der Waals surface area contributed by atoms with Crippen molar-refractivity contribution in [2.45, 2.75) is 31.6 Å². The van der Waals surface area contributed by atoms with Crippen LogP contribution in [-0.2, 0) is 11.8 Å². The van der Waals surface area contributed by atoms with Crippen molar-refractivity contribution < 1.29 is 0 Å². The highest BCUT2D eigenvalue weighted by Crippen LogP contribution is 2.49. The topological polar surface area (TPSA) is 12.0 Å². The van der Waals surface area contributed by atoms with Gasteiger partial charge in [0.1, 0.15) is 0 Å². The third kappa shape index (κ3) is 1.42. The molecule has 0 aromatic heterocycles. The predicted octanol–water partition coefficient (Wildman–Crippen LogP) is 4.04. The van der Waals surface area contributed by atoms with Crippen molar-refractivity contribution in [3.63, 3.8) is 0 Å². The van der Waals surface area contributed by atoms with E-state index in [-0.39, 0.29) is 5.41 Å². The van der Waals surface area contributed by atoms with E-state index >= 15 is 0 Å². The van der Waals surface area contributed by atoms with Crippen LogP contribution in [0.25, 0.3) is 0 Å². The van der Waals surface area contributed by atoms with Gasteiger partial charge in [-0.1, -0.05) is 36.4 Å². The molecule has 19 heavy (non-hydrogen) atoms. The van der Waals surface area contributed by atoms with Gasteiger partial charge in [0.2, 0.25) is 0 Å². The zero-order valence-electron chi connectivity index (χ0n) is 11.4. The van der Waals surface area contributed by atoms with Crippen molar-refractivity contribution >= 4 is 5.69 Å². The van der Waals surface area contributed by atoms with Gasteiger partial charge in [-0.2, -0.15) is 0 Å². The zero-order chi connectivity index (χ0) is 12.9. The van der Waals surface area contributed by atoms with Crippen LogP contribution >= 0.6 is 0 Å². The van der Waals surface area contributed by atoms with Crippen molar-refractivity contribution in [1.29, 1.82) is 0 Å². The molecule has 0 bridgehead atoms. The van der Waals surface area contributed by atoms with Crippen LogP contribution in [-0.4, -0.2) is 6.54 Å². The van der Waals surface area contributed by atoms with Gasteiger partial charge in [-0.25, -0.2) is 0 Å². The van der Waals surface area contributed by atoms with E-state index in [1.165, 1.54) is 36.1 Å². The number of fused-ring (bicyclic) bond motifs is 4. The largest absolute Gasteiger partial charge is 0.384 e. The average molecular weight is 249 g/mol. The van der Waals surface area contributed by atoms with Gasteiger partial charge in [0.15, 0.2) is 0 Å². The first-order valence-corrected chi connectivity index (χ1v) is 7.24. The highest BCUT2D eigenvalue weighted by atomic mass is 14.9. The fourth-order valence-corrected chi connectivity index (χ4v) is 4.17. The van der Waals surface area contributed by atoms with Gasteiger partial charge in [-0.05, 0) is 54.5 Å². The summed E-state index contributed by atoms with van der Waals surface area (Å²) in [5.74, 6) is 0. The van der Waals surface area contributed by atoms with Crippen LogP contribution < -0.4 is 5.32 Å². The third-order valence-corrected chi connectivity index (χ3v) is 4.91. The SMILES string of the molecule is Cc1cccc2c1C1(CCC2)CNc2ccccc21. The van der Waals surface area contributed by atoms with Gasteiger partial charge in [0.05, 0.1) is 0 Å². The molecule has 2 aromatic rings. The van der Waals surface area contributed by atoms with E-state index in [1.807, 2.05) is 0 Å². The Balaban J connectivity index is 2.01. The summed E-state index contributed by atoms with van der Waals surface area (Å²) < 4.78 is 0. The molecule has 1 N–H and O–H groups in total. The Morgan fingerprint density at radius 2 is 1.95 bits per heavy atom. The Morgan fingerprint density at radius 3 is 2.89 bits per heavy atom. The van der Waals surface area contributed by atoms with Crippen molar-refractivity contribution in [2.75, 3.05) is 11.9 Å². The van der Waals surface area contributed by atoms with E-state index in [2.05, 4.69) is 54.7 Å². The predicted molar refractivity (Wildman–Crippen MR) is 79.8 cm³/mol. The second-order valence-electron chi connectivity index (χ2n) is 5.94. The summed E-state index contributed by atoms with van der Waals surface area (Å²) in [6.07, 6.45) is 3.81. The van der Waals surface area contributed by atoms with Crippen molar-refractivity contribution in [1.82, 2.24) is 0 Å². The Hall–Kier alpha value is -1.76. The first kappa shape index (κ1) is 11.1. The smallest absolute Gasteiger partial charge is 0.0401 e. The summed E-state index contributed by atoms with van der Waals surface area (Å²) in [5, 5.41) is 3.63. The van der Waals surface area contributed by atoms with E-state index in [4.69, 9.17) is 0 Å². The van der Waals surface area contributed by atoms with Crippen molar-refractivity contribution in [3.05, 3.63) is 64.7 Å². The van der Waals surface area contributed by atoms with Gasteiger partial charge in [-0.3, -0.25) is 0 Å². The molecule has 4 rings (SSSR count). The maximum absolute atomic E-state index is 3.63.